The summed E-state index contributed by atoms with van der Waals surface area (Å²) in [5.41, 5.74) is 0. The lowest BCUT2D eigenvalue weighted by Gasteiger charge is -2.24. The molecule has 9 heteroatoms. The van der Waals surface area contributed by atoms with Crippen LogP contribution in [0.3, 0.4) is 0 Å². The first-order chi connectivity index (χ1) is 13.1. The highest BCUT2D eigenvalue weighted by Gasteiger charge is 2.16. The predicted molar refractivity (Wildman–Crippen MR) is 120 cm³/mol. The molecule has 8 nitrogen and oxygen atoms in total. The van der Waals surface area contributed by atoms with Crippen LogP contribution in [0.1, 0.15) is 38.5 Å². The van der Waals surface area contributed by atoms with Crippen LogP contribution in [0.2, 0.25) is 0 Å². The summed E-state index contributed by atoms with van der Waals surface area (Å²) in [6.07, 6.45) is 6.99. The highest BCUT2D eigenvalue weighted by atomic mass is 127. The molecule has 0 aliphatic carbocycles. The summed E-state index contributed by atoms with van der Waals surface area (Å²) in [6.45, 7) is 4.61. The Labute approximate surface area is 186 Å². The summed E-state index contributed by atoms with van der Waals surface area (Å²) >= 11 is 0. The Kier molecular flexibility index (Phi) is 13.8. The van der Waals surface area contributed by atoms with Crippen molar-refractivity contribution in [3.63, 3.8) is 0 Å². The Morgan fingerprint density at radius 1 is 1.11 bits per heavy atom. The fourth-order valence-corrected chi connectivity index (χ4v) is 3.01. The SMILES string of the molecule is CN(C)C(=O)CN=C(NCCCOCC1CCCO1)NCC1CCCCO1.I. The van der Waals surface area contributed by atoms with Crippen molar-refractivity contribution in [2.45, 2.75) is 50.7 Å². The first-order valence-corrected chi connectivity index (χ1v) is 10.2. The number of rotatable bonds is 10. The number of aliphatic imine (C=N–C) groups is 1. The van der Waals surface area contributed by atoms with E-state index in [-0.39, 0.29) is 48.6 Å². The molecular weight excluding hydrogens is 475 g/mol. The molecule has 0 aromatic rings. The molecule has 0 aromatic carbocycles. The zero-order chi connectivity index (χ0) is 19.3. The van der Waals surface area contributed by atoms with Crippen molar-refractivity contribution < 1.29 is 19.0 Å². The van der Waals surface area contributed by atoms with Crippen LogP contribution in [0.5, 0.6) is 0 Å². The van der Waals surface area contributed by atoms with Crippen LogP contribution < -0.4 is 10.6 Å². The van der Waals surface area contributed by atoms with Gasteiger partial charge in [-0.3, -0.25) is 4.79 Å². The van der Waals surface area contributed by atoms with Crippen molar-refractivity contribution in [1.29, 1.82) is 0 Å². The van der Waals surface area contributed by atoms with E-state index in [2.05, 4.69) is 15.6 Å². The molecule has 2 aliphatic heterocycles. The topological polar surface area (TPSA) is 84.4 Å². The number of hydrogen-bond donors (Lipinski definition) is 2. The molecule has 2 rings (SSSR count). The average Bonchev–Trinajstić information content (AvgIpc) is 3.20. The Morgan fingerprint density at radius 2 is 1.86 bits per heavy atom. The van der Waals surface area contributed by atoms with E-state index < -0.39 is 0 Å². The number of nitrogens with one attached hydrogen (secondary N) is 2. The number of hydrogen-bond acceptors (Lipinski definition) is 5. The van der Waals surface area contributed by atoms with Gasteiger partial charge in [0.2, 0.25) is 5.91 Å². The number of halogens is 1. The van der Waals surface area contributed by atoms with Gasteiger partial charge in [0.15, 0.2) is 5.96 Å². The zero-order valence-electron chi connectivity index (χ0n) is 17.3. The van der Waals surface area contributed by atoms with Crippen molar-refractivity contribution in [2.75, 3.05) is 60.2 Å². The van der Waals surface area contributed by atoms with Crippen LogP contribution in [0.4, 0.5) is 0 Å². The van der Waals surface area contributed by atoms with E-state index in [1.165, 1.54) is 6.42 Å². The third-order valence-corrected chi connectivity index (χ3v) is 4.73. The molecule has 28 heavy (non-hydrogen) atoms. The summed E-state index contributed by atoms with van der Waals surface area (Å²) in [7, 11) is 3.47. The number of ether oxygens (including phenoxy) is 3. The number of guanidine groups is 1. The molecule has 0 saturated carbocycles. The second kappa shape index (κ2) is 15.2. The summed E-state index contributed by atoms with van der Waals surface area (Å²) < 4.78 is 17.0. The first kappa shape index (κ1) is 25.4. The zero-order valence-corrected chi connectivity index (χ0v) is 19.6. The van der Waals surface area contributed by atoms with Crippen LogP contribution in [0.15, 0.2) is 4.99 Å². The van der Waals surface area contributed by atoms with Gasteiger partial charge >= 0.3 is 0 Å². The van der Waals surface area contributed by atoms with Crippen LogP contribution in [0.25, 0.3) is 0 Å². The maximum Gasteiger partial charge on any atom is 0.243 e. The predicted octanol–water partition coefficient (Wildman–Crippen LogP) is 1.38. The van der Waals surface area contributed by atoms with Gasteiger partial charge in [0.1, 0.15) is 6.54 Å². The molecule has 0 spiro atoms. The molecule has 2 aliphatic rings. The normalized spacial score (nSPS) is 22.4. The maximum atomic E-state index is 11.8. The molecule has 2 heterocycles. The highest BCUT2D eigenvalue weighted by Crippen LogP contribution is 2.12. The van der Waals surface area contributed by atoms with Crippen LogP contribution in [-0.2, 0) is 19.0 Å². The van der Waals surface area contributed by atoms with Crippen molar-refractivity contribution in [1.82, 2.24) is 15.5 Å². The Hall–Kier alpha value is -0.650. The van der Waals surface area contributed by atoms with Crippen molar-refractivity contribution >= 4 is 35.8 Å². The van der Waals surface area contributed by atoms with E-state index in [4.69, 9.17) is 14.2 Å². The minimum atomic E-state index is -0.0232. The molecule has 0 radical (unpaired) electrons. The first-order valence-electron chi connectivity index (χ1n) is 10.2. The van der Waals surface area contributed by atoms with Gasteiger partial charge < -0.3 is 29.7 Å². The number of carbonyl (C=O) groups excluding carboxylic acids is 1. The van der Waals surface area contributed by atoms with E-state index in [0.717, 1.165) is 51.9 Å². The average molecular weight is 512 g/mol. The number of likely N-dealkylation sites (N-methyl/N-ethyl adjacent to an activating group) is 1. The fraction of sp³-hybridized carbons (Fsp3) is 0.895. The molecule has 0 aromatic heterocycles. The molecule has 2 saturated heterocycles. The Balaban J connectivity index is 0.00000392. The maximum absolute atomic E-state index is 11.8. The molecule has 2 atom stereocenters. The summed E-state index contributed by atoms with van der Waals surface area (Å²) in [5.74, 6) is 0.628. The van der Waals surface area contributed by atoms with E-state index >= 15 is 0 Å². The van der Waals surface area contributed by atoms with Gasteiger partial charge in [-0.2, -0.15) is 0 Å². The number of amides is 1. The standard InChI is InChI=1S/C19H36N4O4.HI/c1-23(2)18(24)14-22-19(21-13-16-7-3-4-11-26-16)20-9-6-10-25-15-17-8-5-12-27-17;/h16-17H,3-15H2,1-2H3,(H2,20,21,22);1H. The Bertz CT molecular complexity index is 453. The minimum absolute atomic E-state index is 0. The van der Waals surface area contributed by atoms with Gasteiger partial charge in [-0.15, -0.1) is 24.0 Å². The highest BCUT2D eigenvalue weighted by molar-refractivity contribution is 14.0. The summed E-state index contributed by atoms with van der Waals surface area (Å²) in [5, 5.41) is 6.59. The Morgan fingerprint density at radius 3 is 2.54 bits per heavy atom. The smallest absolute Gasteiger partial charge is 0.243 e. The van der Waals surface area contributed by atoms with Gasteiger partial charge in [0.05, 0.1) is 18.8 Å². The molecule has 2 unspecified atom stereocenters. The molecule has 0 bridgehead atoms. The van der Waals surface area contributed by atoms with E-state index in [1.807, 2.05) is 0 Å². The van der Waals surface area contributed by atoms with Crippen molar-refractivity contribution in [3.8, 4) is 0 Å². The van der Waals surface area contributed by atoms with Crippen molar-refractivity contribution in [2.24, 2.45) is 4.99 Å². The third-order valence-electron chi connectivity index (χ3n) is 4.73. The largest absolute Gasteiger partial charge is 0.379 e. The third kappa shape index (κ3) is 10.8. The van der Waals surface area contributed by atoms with Crippen LogP contribution >= 0.6 is 24.0 Å². The molecule has 2 fully saturated rings. The van der Waals surface area contributed by atoms with Gasteiger partial charge in [-0.1, -0.05) is 0 Å². The van der Waals surface area contributed by atoms with E-state index in [9.17, 15) is 4.79 Å². The molecule has 2 N–H and O–H groups in total. The second-order valence-electron chi connectivity index (χ2n) is 7.31. The summed E-state index contributed by atoms with van der Waals surface area (Å²) in [4.78, 5) is 17.7. The lowest BCUT2D eigenvalue weighted by molar-refractivity contribution is -0.127. The lowest BCUT2D eigenvalue weighted by Crippen LogP contribution is -2.43. The molecule has 1 amide bonds. The van der Waals surface area contributed by atoms with E-state index in [1.54, 1.807) is 19.0 Å². The number of nitrogens with zero attached hydrogens (tertiary/aromatic N) is 2. The lowest BCUT2D eigenvalue weighted by atomic mass is 10.1. The summed E-state index contributed by atoms with van der Waals surface area (Å²) in [6, 6.07) is 0. The van der Waals surface area contributed by atoms with Gasteiger partial charge in [-0.25, -0.2) is 4.99 Å². The second-order valence-corrected chi connectivity index (χ2v) is 7.31. The van der Waals surface area contributed by atoms with Crippen LogP contribution in [-0.4, -0.2) is 89.1 Å². The monoisotopic (exact) mass is 512 g/mol. The fourth-order valence-electron chi connectivity index (χ4n) is 3.01. The van der Waals surface area contributed by atoms with Gasteiger partial charge in [-0.05, 0) is 38.5 Å². The molecular formula is C19H37IN4O4. The van der Waals surface area contributed by atoms with Crippen molar-refractivity contribution in [3.05, 3.63) is 0 Å². The number of carbonyl (C=O) groups is 1. The van der Waals surface area contributed by atoms with Crippen LogP contribution in [0, 0.1) is 0 Å². The van der Waals surface area contributed by atoms with E-state index in [0.29, 0.717) is 25.7 Å². The quantitative estimate of drug-likeness (QED) is 0.199. The minimum Gasteiger partial charge on any atom is -0.379 e. The van der Waals surface area contributed by atoms with Gasteiger partial charge in [0.25, 0.3) is 0 Å². The molecule has 164 valence electrons. The van der Waals surface area contributed by atoms with Gasteiger partial charge in [0, 0.05) is 47.0 Å².